The first-order valence-electron chi connectivity index (χ1n) is 9.00. The summed E-state index contributed by atoms with van der Waals surface area (Å²) in [6, 6.07) is 28.5. The zero-order chi connectivity index (χ0) is 18.1. The van der Waals surface area contributed by atoms with E-state index in [1.165, 1.54) is 23.1 Å². The molecule has 3 aromatic rings. The van der Waals surface area contributed by atoms with Crippen LogP contribution in [0.25, 0.3) is 0 Å². The van der Waals surface area contributed by atoms with E-state index in [1.807, 2.05) is 6.07 Å². The maximum Gasteiger partial charge on any atom is 0.115 e. The van der Waals surface area contributed by atoms with E-state index >= 15 is 0 Å². The first-order valence-corrected chi connectivity index (χ1v) is 9.00. The second-order valence-electron chi connectivity index (χ2n) is 6.45. The first kappa shape index (κ1) is 18.8. The summed E-state index contributed by atoms with van der Waals surface area (Å²) in [5, 5.41) is 8.63. The standard InChI is InChI=1S/C18H22.C6H6O/c1-4-14(2)17-11-8-12-18(13-17)15(3)16-9-6-5-7-10-16;7-6-4-2-1-3-5-6/h5-15H,4H2,1-3H3;1-5,7H. The van der Waals surface area contributed by atoms with Gasteiger partial charge in [-0.15, -0.1) is 0 Å². The Kier molecular flexibility index (Phi) is 7.28. The van der Waals surface area contributed by atoms with Crippen molar-refractivity contribution in [3.63, 3.8) is 0 Å². The molecule has 0 radical (unpaired) electrons. The monoisotopic (exact) mass is 332 g/mol. The minimum Gasteiger partial charge on any atom is -0.508 e. The molecule has 0 aromatic heterocycles. The Hall–Kier alpha value is -2.54. The highest BCUT2D eigenvalue weighted by molar-refractivity contribution is 5.35. The normalized spacial score (nSPS) is 12.6. The summed E-state index contributed by atoms with van der Waals surface area (Å²) in [7, 11) is 0. The van der Waals surface area contributed by atoms with Gasteiger partial charge in [0.15, 0.2) is 0 Å². The molecule has 1 heteroatoms. The van der Waals surface area contributed by atoms with Gasteiger partial charge in [-0.3, -0.25) is 0 Å². The molecule has 2 atom stereocenters. The molecule has 0 aliphatic heterocycles. The summed E-state index contributed by atoms with van der Waals surface area (Å²) >= 11 is 0. The predicted octanol–water partition coefficient (Wildman–Crippen LogP) is 6.74. The summed E-state index contributed by atoms with van der Waals surface area (Å²) in [6.45, 7) is 6.83. The molecule has 0 fully saturated rings. The van der Waals surface area contributed by atoms with E-state index in [-0.39, 0.29) is 0 Å². The molecule has 1 N–H and O–H groups in total. The Balaban J connectivity index is 0.000000269. The summed E-state index contributed by atoms with van der Waals surface area (Å²) in [5.41, 5.74) is 4.26. The van der Waals surface area contributed by atoms with Crippen LogP contribution in [0.15, 0.2) is 84.9 Å². The van der Waals surface area contributed by atoms with Crippen molar-refractivity contribution >= 4 is 0 Å². The lowest BCUT2D eigenvalue weighted by Gasteiger charge is -2.16. The molecule has 0 aliphatic rings. The van der Waals surface area contributed by atoms with Crippen LogP contribution in [0.5, 0.6) is 5.75 Å². The highest BCUT2D eigenvalue weighted by Gasteiger charge is 2.10. The summed E-state index contributed by atoms with van der Waals surface area (Å²) in [5.74, 6) is 1.44. The number of benzene rings is 3. The summed E-state index contributed by atoms with van der Waals surface area (Å²) < 4.78 is 0. The Bertz CT molecular complexity index is 734. The van der Waals surface area contributed by atoms with Gasteiger partial charge in [-0.1, -0.05) is 93.6 Å². The minimum absolute atomic E-state index is 0.322. The van der Waals surface area contributed by atoms with Crippen LogP contribution >= 0.6 is 0 Å². The SMILES string of the molecule is CCC(C)c1cccc(C(C)c2ccccc2)c1.Oc1ccccc1. The third-order valence-electron chi connectivity index (χ3n) is 4.65. The van der Waals surface area contributed by atoms with Gasteiger partial charge < -0.3 is 5.11 Å². The molecule has 0 amide bonds. The third kappa shape index (κ3) is 5.79. The van der Waals surface area contributed by atoms with Crippen LogP contribution in [-0.2, 0) is 0 Å². The van der Waals surface area contributed by atoms with Crippen molar-refractivity contribution < 1.29 is 5.11 Å². The molecule has 0 heterocycles. The number of phenolic OH excluding ortho intramolecular Hbond substituents is 1. The van der Waals surface area contributed by atoms with Gasteiger partial charge in [0.2, 0.25) is 0 Å². The van der Waals surface area contributed by atoms with E-state index in [2.05, 4.69) is 75.4 Å². The van der Waals surface area contributed by atoms with E-state index in [4.69, 9.17) is 5.11 Å². The van der Waals surface area contributed by atoms with Gasteiger partial charge >= 0.3 is 0 Å². The number of phenols is 1. The van der Waals surface area contributed by atoms with Crippen LogP contribution in [-0.4, -0.2) is 5.11 Å². The lowest BCUT2D eigenvalue weighted by atomic mass is 9.89. The van der Waals surface area contributed by atoms with Crippen LogP contribution in [0.3, 0.4) is 0 Å². The number of hydrogen-bond donors (Lipinski definition) is 1. The Morgan fingerprint density at radius 1 is 0.680 bits per heavy atom. The van der Waals surface area contributed by atoms with Gasteiger partial charge in [0.25, 0.3) is 0 Å². The third-order valence-corrected chi connectivity index (χ3v) is 4.65. The Morgan fingerprint density at radius 2 is 1.20 bits per heavy atom. The lowest BCUT2D eigenvalue weighted by molar-refractivity contribution is 0.475. The van der Waals surface area contributed by atoms with Gasteiger partial charge in [0.05, 0.1) is 0 Å². The molecule has 0 saturated carbocycles. The summed E-state index contributed by atoms with van der Waals surface area (Å²) in [4.78, 5) is 0. The van der Waals surface area contributed by atoms with Crippen molar-refractivity contribution in [3.8, 4) is 5.75 Å². The minimum atomic E-state index is 0.322. The fourth-order valence-electron chi connectivity index (χ4n) is 2.73. The maximum absolute atomic E-state index is 8.63. The van der Waals surface area contributed by atoms with Crippen molar-refractivity contribution in [2.45, 2.75) is 39.0 Å². The fourth-order valence-corrected chi connectivity index (χ4v) is 2.73. The van der Waals surface area contributed by atoms with Crippen molar-refractivity contribution in [1.29, 1.82) is 0 Å². The van der Waals surface area contributed by atoms with Gasteiger partial charge in [-0.2, -0.15) is 0 Å². The molecule has 2 unspecified atom stereocenters. The quantitative estimate of drug-likeness (QED) is 0.560. The zero-order valence-corrected chi connectivity index (χ0v) is 15.4. The maximum atomic E-state index is 8.63. The number of hydrogen-bond acceptors (Lipinski definition) is 1. The second-order valence-corrected chi connectivity index (χ2v) is 6.45. The molecule has 0 spiro atoms. The average Bonchev–Trinajstić information content (AvgIpc) is 2.68. The Labute approximate surface area is 152 Å². The first-order chi connectivity index (χ1) is 12.1. The highest BCUT2D eigenvalue weighted by Crippen LogP contribution is 2.27. The zero-order valence-electron chi connectivity index (χ0n) is 15.4. The average molecular weight is 332 g/mol. The molecule has 3 aromatic carbocycles. The molecule has 0 aliphatic carbocycles. The van der Waals surface area contributed by atoms with E-state index in [0.29, 0.717) is 17.6 Å². The second kappa shape index (κ2) is 9.68. The van der Waals surface area contributed by atoms with Crippen molar-refractivity contribution in [3.05, 3.63) is 102 Å². The molecule has 0 saturated heterocycles. The van der Waals surface area contributed by atoms with Crippen LogP contribution < -0.4 is 0 Å². The molecule has 25 heavy (non-hydrogen) atoms. The van der Waals surface area contributed by atoms with Crippen LogP contribution in [0.4, 0.5) is 0 Å². The largest absolute Gasteiger partial charge is 0.508 e. The smallest absolute Gasteiger partial charge is 0.115 e. The molecular weight excluding hydrogens is 304 g/mol. The van der Waals surface area contributed by atoms with E-state index in [9.17, 15) is 0 Å². The number of para-hydroxylation sites is 1. The van der Waals surface area contributed by atoms with Crippen molar-refractivity contribution in [2.75, 3.05) is 0 Å². The molecule has 130 valence electrons. The summed E-state index contributed by atoms with van der Waals surface area (Å²) in [6.07, 6.45) is 1.20. The number of rotatable bonds is 4. The van der Waals surface area contributed by atoms with Crippen LogP contribution in [0, 0.1) is 0 Å². The van der Waals surface area contributed by atoms with E-state index < -0.39 is 0 Å². The fraction of sp³-hybridized carbons (Fsp3) is 0.250. The molecule has 0 bridgehead atoms. The molecule has 3 rings (SSSR count). The van der Waals surface area contributed by atoms with Crippen LogP contribution in [0.1, 0.15) is 55.7 Å². The number of aromatic hydroxyl groups is 1. The van der Waals surface area contributed by atoms with Gasteiger partial charge in [-0.25, -0.2) is 0 Å². The Morgan fingerprint density at radius 3 is 1.72 bits per heavy atom. The van der Waals surface area contributed by atoms with Gasteiger partial charge in [-0.05, 0) is 41.2 Å². The molecule has 1 nitrogen and oxygen atoms in total. The van der Waals surface area contributed by atoms with E-state index in [0.717, 1.165) is 0 Å². The van der Waals surface area contributed by atoms with Gasteiger partial charge in [0, 0.05) is 5.92 Å². The van der Waals surface area contributed by atoms with Crippen molar-refractivity contribution in [1.82, 2.24) is 0 Å². The lowest BCUT2D eigenvalue weighted by Crippen LogP contribution is -1.98. The van der Waals surface area contributed by atoms with Crippen molar-refractivity contribution in [2.24, 2.45) is 0 Å². The highest BCUT2D eigenvalue weighted by atomic mass is 16.3. The molecular formula is C24H28O. The topological polar surface area (TPSA) is 20.2 Å². The predicted molar refractivity (Wildman–Crippen MR) is 107 cm³/mol. The van der Waals surface area contributed by atoms with Crippen LogP contribution in [0.2, 0.25) is 0 Å². The van der Waals surface area contributed by atoms with E-state index in [1.54, 1.807) is 24.3 Å². The van der Waals surface area contributed by atoms with Gasteiger partial charge in [0.1, 0.15) is 5.75 Å².